The summed E-state index contributed by atoms with van der Waals surface area (Å²) in [6.07, 6.45) is 2.18. The van der Waals surface area contributed by atoms with Crippen molar-refractivity contribution in [2.24, 2.45) is 0 Å². The Kier molecular flexibility index (Phi) is 5.00. The lowest BCUT2D eigenvalue weighted by molar-refractivity contribution is 0.399. The van der Waals surface area contributed by atoms with E-state index in [4.69, 9.17) is 4.74 Å². The molecular weight excluding hydrogens is 254 g/mol. The van der Waals surface area contributed by atoms with E-state index >= 15 is 0 Å². The molecule has 1 atom stereocenters. The quantitative estimate of drug-likeness (QED) is 0.861. The predicted molar refractivity (Wildman–Crippen MR) is 82.2 cm³/mol. The maximum absolute atomic E-state index is 5.48. The van der Waals surface area contributed by atoms with Crippen LogP contribution >= 0.6 is 11.3 Å². The van der Waals surface area contributed by atoms with Crippen LogP contribution in [-0.4, -0.2) is 14.2 Å². The molecule has 1 N–H and O–H groups in total. The lowest BCUT2D eigenvalue weighted by Crippen LogP contribution is -2.18. The maximum atomic E-state index is 5.48. The Labute approximate surface area is 119 Å². The number of rotatable bonds is 6. The largest absolute Gasteiger partial charge is 0.496 e. The normalized spacial score (nSPS) is 12.4. The molecule has 3 heteroatoms. The maximum Gasteiger partial charge on any atom is 0.123 e. The highest BCUT2D eigenvalue weighted by Crippen LogP contribution is 2.29. The van der Waals surface area contributed by atoms with Crippen molar-refractivity contribution in [1.29, 1.82) is 0 Å². The molecule has 0 bridgehead atoms. The van der Waals surface area contributed by atoms with Gasteiger partial charge in [0, 0.05) is 16.5 Å². The number of methoxy groups -OCH3 is 1. The average molecular weight is 275 g/mol. The van der Waals surface area contributed by atoms with Gasteiger partial charge in [-0.15, -0.1) is 11.3 Å². The molecule has 1 aromatic heterocycles. The van der Waals surface area contributed by atoms with E-state index in [9.17, 15) is 0 Å². The fraction of sp³-hybridized carbons (Fsp3) is 0.375. The van der Waals surface area contributed by atoms with Crippen LogP contribution in [0, 0.1) is 6.92 Å². The minimum absolute atomic E-state index is 0.331. The molecule has 19 heavy (non-hydrogen) atoms. The summed E-state index contributed by atoms with van der Waals surface area (Å²) in [4.78, 5) is 1.44. The van der Waals surface area contributed by atoms with Gasteiger partial charge in [-0.2, -0.15) is 0 Å². The molecule has 0 fully saturated rings. The Bertz CT molecular complexity index is 507. The third kappa shape index (κ3) is 3.58. The lowest BCUT2D eigenvalue weighted by atomic mass is 9.99. The molecule has 0 spiro atoms. The first-order valence-corrected chi connectivity index (χ1v) is 7.46. The molecular formula is C16H21NOS. The fourth-order valence-corrected chi connectivity index (χ4v) is 3.05. The van der Waals surface area contributed by atoms with Gasteiger partial charge in [0.15, 0.2) is 0 Å². The topological polar surface area (TPSA) is 21.3 Å². The number of hydrogen-bond acceptors (Lipinski definition) is 3. The van der Waals surface area contributed by atoms with E-state index in [1.165, 1.54) is 16.0 Å². The van der Waals surface area contributed by atoms with Gasteiger partial charge in [0.05, 0.1) is 7.11 Å². The Morgan fingerprint density at radius 2 is 2.16 bits per heavy atom. The smallest absolute Gasteiger partial charge is 0.123 e. The van der Waals surface area contributed by atoms with Gasteiger partial charge in [-0.05, 0) is 44.3 Å². The Balaban J connectivity index is 2.14. The second-order valence-corrected chi connectivity index (χ2v) is 5.74. The predicted octanol–water partition coefficient (Wildman–Crippen LogP) is 3.96. The zero-order valence-electron chi connectivity index (χ0n) is 11.8. The molecule has 0 aliphatic carbocycles. The Morgan fingerprint density at radius 1 is 1.32 bits per heavy atom. The summed E-state index contributed by atoms with van der Waals surface area (Å²) in [5.41, 5.74) is 2.52. The van der Waals surface area contributed by atoms with Gasteiger partial charge in [0.1, 0.15) is 5.75 Å². The van der Waals surface area contributed by atoms with Crippen molar-refractivity contribution in [2.75, 3.05) is 14.2 Å². The molecule has 2 rings (SSSR count). The van der Waals surface area contributed by atoms with Crippen LogP contribution in [0.5, 0.6) is 5.75 Å². The highest BCUT2D eigenvalue weighted by atomic mass is 32.1. The Hall–Kier alpha value is -1.32. The minimum Gasteiger partial charge on any atom is -0.496 e. The van der Waals surface area contributed by atoms with Crippen LogP contribution < -0.4 is 10.1 Å². The molecule has 0 radical (unpaired) electrons. The molecule has 2 aromatic rings. The van der Waals surface area contributed by atoms with E-state index in [2.05, 4.69) is 48.0 Å². The number of aryl methyl sites for hydroxylation is 2. The summed E-state index contributed by atoms with van der Waals surface area (Å²) in [7, 11) is 3.75. The van der Waals surface area contributed by atoms with Crippen LogP contribution in [0.15, 0.2) is 35.7 Å². The van der Waals surface area contributed by atoms with E-state index in [1.54, 1.807) is 7.11 Å². The van der Waals surface area contributed by atoms with E-state index in [-0.39, 0.29) is 0 Å². The second-order valence-electron chi connectivity index (χ2n) is 4.70. The van der Waals surface area contributed by atoms with Crippen molar-refractivity contribution in [3.63, 3.8) is 0 Å². The molecule has 1 aromatic carbocycles. The highest BCUT2D eigenvalue weighted by molar-refractivity contribution is 7.09. The third-order valence-electron chi connectivity index (χ3n) is 3.37. The zero-order valence-corrected chi connectivity index (χ0v) is 12.6. The highest BCUT2D eigenvalue weighted by Gasteiger charge is 2.14. The Morgan fingerprint density at radius 3 is 2.79 bits per heavy atom. The number of ether oxygens (including phenoxy) is 1. The van der Waals surface area contributed by atoms with Crippen molar-refractivity contribution >= 4 is 11.3 Å². The van der Waals surface area contributed by atoms with Gasteiger partial charge in [-0.25, -0.2) is 0 Å². The second kappa shape index (κ2) is 6.73. The van der Waals surface area contributed by atoms with Crippen molar-refractivity contribution in [3.05, 3.63) is 51.7 Å². The first kappa shape index (κ1) is 14.1. The van der Waals surface area contributed by atoms with Crippen LogP contribution in [0.1, 0.15) is 28.5 Å². The van der Waals surface area contributed by atoms with Crippen LogP contribution in [0.2, 0.25) is 0 Å². The summed E-state index contributed by atoms with van der Waals surface area (Å²) in [5, 5.41) is 5.54. The van der Waals surface area contributed by atoms with Gasteiger partial charge < -0.3 is 10.1 Å². The molecule has 0 aliphatic rings. The lowest BCUT2D eigenvalue weighted by Gasteiger charge is -2.19. The average Bonchev–Trinajstić information content (AvgIpc) is 2.93. The molecule has 1 heterocycles. The van der Waals surface area contributed by atoms with Gasteiger partial charge in [0.2, 0.25) is 0 Å². The van der Waals surface area contributed by atoms with E-state index in [1.807, 2.05) is 18.4 Å². The first-order valence-electron chi connectivity index (χ1n) is 6.58. The van der Waals surface area contributed by atoms with Gasteiger partial charge in [-0.3, -0.25) is 0 Å². The molecule has 0 amide bonds. The van der Waals surface area contributed by atoms with E-state index in [0.717, 1.165) is 18.6 Å². The third-order valence-corrected chi connectivity index (χ3v) is 4.30. The molecule has 0 saturated carbocycles. The molecule has 0 saturated heterocycles. The van der Waals surface area contributed by atoms with E-state index < -0.39 is 0 Å². The molecule has 0 aliphatic heterocycles. The molecule has 2 nitrogen and oxygen atoms in total. The summed E-state index contributed by atoms with van der Waals surface area (Å²) in [6, 6.07) is 11.0. The van der Waals surface area contributed by atoms with Gasteiger partial charge >= 0.3 is 0 Å². The van der Waals surface area contributed by atoms with Crippen LogP contribution in [0.25, 0.3) is 0 Å². The summed E-state index contributed by atoms with van der Waals surface area (Å²) in [6.45, 7) is 2.12. The number of nitrogens with one attached hydrogen (secondary N) is 1. The number of benzene rings is 1. The van der Waals surface area contributed by atoms with Crippen molar-refractivity contribution in [1.82, 2.24) is 5.32 Å². The van der Waals surface area contributed by atoms with Crippen LogP contribution in [0.3, 0.4) is 0 Å². The monoisotopic (exact) mass is 275 g/mol. The van der Waals surface area contributed by atoms with Gasteiger partial charge in [-0.1, -0.05) is 23.8 Å². The van der Waals surface area contributed by atoms with Crippen LogP contribution in [0.4, 0.5) is 0 Å². The first-order chi connectivity index (χ1) is 9.24. The summed E-state index contributed by atoms with van der Waals surface area (Å²) in [5.74, 6) is 0.969. The van der Waals surface area contributed by atoms with Crippen molar-refractivity contribution in [3.8, 4) is 5.75 Å². The molecule has 1 unspecified atom stereocenters. The zero-order chi connectivity index (χ0) is 13.7. The fourth-order valence-electron chi connectivity index (χ4n) is 2.32. The SMILES string of the molecule is CNC(CCc1cccs1)c1cc(C)ccc1OC. The van der Waals surface area contributed by atoms with Gasteiger partial charge in [0.25, 0.3) is 0 Å². The summed E-state index contributed by atoms with van der Waals surface area (Å²) >= 11 is 1.82. The van der Waals surface area contributed by atoms with Crippen molar-refractivity contribution in [2.45, 2.75) is 25.8 Å². The number of thiophene rings is 1. The van der Waals surface area contributed by atoms with Crippen LogP contribution in [-0.2, 0) is 6.42 Å². The standard InChI is InChI=1S/C16H21NOS/c1-12-6-9-16(18-3)14(11-12)15(17-2)8-7-13-5-4-10-19-13/h4-6,9-11,15,17H,7-8H2,1-3H3. The number of hydrogen-bond donors (Lipinski definition) is 1. The minimum atomic E-state index is 0.331. The molecule has 102 valence electrons. The van der Waals surface area contributed by atoms with E-state index in [0.29, 0.717) is 6.04 Å². The van der Waals surface area contributed by atoms with Crippen molar-refractivity contribution < 1.29 is 4.74 Å². The summed E-state index contributed by atoms with van der Waals surface area (Å²) < 4.78 is 5.48.